The van der Waals surface area contributed by atoms with E-state index in [2.05, 4.69) is 5.10 Å². The molecule has 0 bridgehead atoms. The van der Waals surface area contributed by atoms with Gasteiger partial charge in [-0.2, -0.15) is 10.4 Å². The molecule has 1 aromatic rings. The number of rotatable bonds is 2. The van der Waals surface area contributed by atoms with Crippen molar-refractivity contribution in [3.05, 3.63) is 18.0 Å². The van der Waals surface area contributed by atoms with Crippen molar-refractivity contribution in [3.63, 3.8) is 0 Å². The first-order chi connectivity index (χ1) is 5.38. The van der Waals surface area contributed by atoms with E-state index in [-0.39, 0.29) is 0 Å². The van der Waals surface area contributed by atoms with Crippen molar-refractivity contribution in [1.82, 2.24) is 9.78 Å². The first-order valence-corrected chi connectivity index (χ1v) is 3.42. The molecular weight excluding hydrogens is 142 g/mol. The Labute approximate surface area is 64.0 Å². The molecule has 0 unspecified atom stereocenters. The van der Waals surface area contributed by atoms with Crippen LogP contribution in [0.1, 0.15) is 5.56 Å². The zero-order valence-corrected chi connectivity index (χ0v) is 5.90. The predicted molar refractivity (Wildman–Crippen MR) is 36.7 cm³/mol. The van der Waals surface area contributed by atoms with E-state index in [1.807, 2.05) is 6.07 Å². The molecule has 11 heavy (non-hydrogen) atoms. The maximum absolute atomic E-state index is 8.47. The summed E-state index contributed by atoms with van der Waals surface area (Å²) in [6, 6.07) is 2.02. The van der Waals surface area contributed by atoms with Crippen LogP contribution in [0.4, 0.5) is 0 Å². The van der Waals surface area contributed by atoms with Crippen molar-refractivity contribution >= 4 is 0 Å². The first kappa shape index (κ1) is 6.38. The molecule has 1 aliphatic rings. The van der Waals surface area contributed by atoms with Crippen LogP contribution in [0.2, 0.25) is 0 Å². The van der Waals surface area contributed by atoms with Crippen LogP contribution in [0.15, 0.2) is 12.4 Å². The van der Waals surface area contributed by atoms with E-state index < -0.39 is 0 Å². The zero-order valence-electron chi connectivity index (χ0n) is 5.90. The van der Waals surface area contributed by atoms with Gasteiger partial charge in [0.05, 0.1) is 24.9 Å². The molecule has 0 aromatic carbocycles. The van der Waals surface area contributed by atoms with Crippen molar-refractivity contribution in [2.45, 2.75) is 12.6 Å². The molecule has 4 heteroatoms. The third-order valence-electron chi connectivity index (χ3n) is 1.56. The summed E-state index contributed by atoms with van der Waals surface area (Å²) in [5.74, 6) is 0. The Hall–Kier alpha value is -1.34. The summed E-state index contributed by atoms with van der Waals surface area (Å²) in [4.78, 5) is 0. The molecule has 0 saturated carbocycles. The predicted octanol–water partition coefficient (Wildman–Crippen LogP) is 0.154. The molecule has 0 spiro atoms. The maximum Gasteiger partial charge on any atom is 0.102 e. The van der Waals surface area contributed by atoms with E-state index >= 15 is 0 Å². The van der Waals surface area contributed by atoms with Crippen LogP contribution in [0.5, 0.6) is 0 Å². The summed E-state index contributed by atoms with van der Waals surface area (Å²) >= 11 is 0. The van der Waals surface area contributed by atoms with E-state index in [0.717, 1.165) is 13.2 Å². The molecule has 2 rings (SSSR count). The quantitative estimate of drug-likeness (QED) is 0.562. The molecule has 0 radical (unpaired) electrons. The summed E-state index contributed by atoms with van der Waals surface area (Å²) in [5, 5.41) is 12.4. The van der Waals surface area contributed by atoms with Gasteiger partial charge in [-0.3, -0.25) is 4.68 Å². The summed E-state index contributed by atoms with van der Waals surface area (Å²) in [7, 11) is 0. The maximum atomic E-state index is 8.47. The van der Waals surface area contributed by atoms with Gasteiger partial charge in [-0.05, 0) is 0 Å². The number of epoxide rings is 1. The Morgan fingerprint density at radius 2 is 2.73 bits per heavy atom. The number of hydrogen-bond acceptors (Lipinski definition) is 3. The third-order valence-corrected chi connectivity index (χ3v) is 1.56. The molecule has 1 aliphatic heterocycles. The van der Waals surface area contributed by atoms with Crippen LogP contribution < -0.4 is 0 Å². The number of hydrogen-bond donors (Lipinski definition) is 0. The smallest absolute Gasteiger partial charge is 0.102 e. The van der Waals surface area contributed by atoms with Crippen LogP contribution in [-0.2, 0) is 11.3 Å². The standard InChI is InChI=1S/C7H7N3O/c8-1-6-2-9-10(3-6)4-7-5-11-7/h2-3,7H,4-5H2/t7-/m0/s1. The average molecular weight is 149 g/mol. The highest BCUT2D eigenvalue weighted by Crippen LogP contribution is 2.11. The molecular formula is C7H7N3O. The lowest BCUT2D eigenvalue weighted by molar-refractivity contribution is 0.373. The molecule has 56 valence electrons. The monoisotopic (exact) mass is 149 g/mol. The normalized spacial score (nSPS) is 21.2. The average Bonchev–Trinajstić information content (AvgIpc) is 2.68. The minimum atomic E-state index is 0.321. The highest BCUT2D eigenvalue weighted by atomic mass is 16.6. The Balaban J connectivity index is 2.07. The van der Waals surface area contributed by atoms with Gasteiger partial charge in [0, 0.05) is 6.20 Å². The molecule has 1 fully saturated rings. The van der Waals surface area contributed by atoms with Gasteiger partial charge in [0.1, 0.15) is 12.2 Å². The Morgan fingerprint density at radius 1 is 1.91 bits per heavy atom. The van der Waals surface area contributed by atoms with Crippen molar-refractivity contribution in [3.8, 4) is 6.07 Å². The molecule has 2 heterocycles. The minimum absolute atomic E-state index is 0.321. The first-order valence-electron chi connectivity index (χ1n) is 3.42. The highest BCUT2D eigenvalue weighted by molar-refractivity contribution is 5.21. The second kappa shape index (κ2) is 2.36. The third kappa shape index (κ3) is 1.38. The topological polar surface area (TPSA) is 54.1 Å². The molecule has 1 aromatic heterocycles. The SMILES string of the molecule is N#Cc1cnn(C[C@H]2CO2)c1. The minimum Gasteiger partial charge on any atom is -0.371 e. The zero-order chi connectivity index (χ0) is 7.68. The lowest BCUT2D eigenvalue weighted by Crippen LogP contribution is -2.03. The largest absolute Gasteiger partial charge is 0.371 e. The lowest BCUT2D eigenvalue weighted by Gasteiger charge is -1.93. The van der Waals surface area contributed by atoms with E-state index in [9.17, 15) is 0 Å². The van der Waals surface area contributed by atoms with Crippen molar-refractivity contribution in [2.75, 3.05) is 6.61 Å². The van der Waals surface area contributed by atoms with Gasteiger partial charge in [-0.15, -0.1) is 0 Å². The van der Waals surface area contributed by atoms with E-state index in [0.29, 0.717) is 11.7 Å². The molecule has 0 aliphatic carbocycles. The van der Waals surface area contributed by atoms with Crippen LogP contribution in [0, 0.1) is 11.3 Å². The fourth-order valence-electron chi connectivity index (χ4n) is 0.903. The van der Waals surface area contributed by atoms with Crippen LogP contribution >= 0.6 is 0 Å². The Kier molecular flexibility index (Phi) is 1.37. The summed E-state index contributed by atoms with van der Waals surface area (Å²) < 4.78 is 6.74. The van der Waals surface area contributed by atoms with Gasteiger partial charge in [0.15, 0.2) is 0 Å². The van der Waals surface area contributed by atoms with Crippen LogP contribution in [0.3, 0.4) is 0 Å². The van der Waals surface area contributed by atoms with Crippen molar-refractivity contribution < 1.29 is 4.74 Å². The number of nitriles is 1. The van der Waals surface area contributed by atoms with E-state index in [1.54, 1.807) is 17.1 Å². The van der Waals surface area contributed by atoms with E-state index in [1.165, 1.54) is 0 Å². The second-order valence-corrected chi connectivity index (χ2v) is 2.52. The molecule has 1 saturated heterocycles. The summed E-state index contributed by atoms with van der Waals surface area (Å²) in [6.45, 7) is 1.59. The van der Waals surface area contributed by atoms with Crippen LogP contribution in [-0.4, -0.2) is 22.5 Å². The molecule has 1 atom stereocenters. The van der Waals surface area contributed by atoms with Gasteiger partial charge in [0.2, 0.25) is 0 Å². The van der Waals surface area contributed by atoms with E-state index in [4.69, 9.17) is 10.00 Å². The fraction of sp³-hybridized carbons (Fsp3) is 0.429. The van der Waals surface area contributed by atoms with Gasteiger partial charge < -0.3 is 4.74 Å². The van der Waals surface area contributed by atoms with Crippen molar-refractivity contribution in [1.29, 1.82) is 5.26 Å². The Morgan fingerprint density at radius 3 is 3.27 bits per heavy atom. The summed E-state index contributed by atoms with van der Waals surface area (Å²) in [6.07, 6.45) is 3.60. The fourth-order valence-corrected chi connectivity index (χ4v) is 0.903. The number of ether oxygens (including phenoxy) is 1. The number of nitrogens with zero attached hydrogens (tertiary/aromatic N) is 3. The second-order valence-electron chi connectivity index (χ2n) is 2.52. The number of aromatic nitrogens is 2. The van der Waals surface area contributed by atoms with Crippen LogP contribution in [0.25, 0.3) is 0 Å². The van der Waals surface area contributed by atoms with Gasteiger partial charge >= 0.3 is 0 Å². The molecule has 4 nitrogen and oxygen atoms in total. The molecule has 0 N–H and O–H groups in total. The van der Waals surface area contributed by atoms with Gasteiger partial charge in [-0.1, -0.05) is 0 Å². The lowest BCUT2D eigenvalue weighted by atomic mass is 10.4. The van der Waals surface area contributed by atoms with Crippen molar-refractivity contribution in [2.24, 2.45) is 0 Å². The highest BCUT2D eigenvalue weighted by Gasteiger charge is 2.22. The Bertz CT molecular complexity index is 295. The van der Waals surface area contributed by atoms with Gasteiger partial charge in [0.25, 0.3) is 0 Å². The summed E-state index contributed by atoms with van der Waals surface area (Å²) in [5.41, 5.74) is 0.602. The van der Waals surface area contributed by atoms with Gasteiger partial charge in [-0.25, -0.2) is 0 Å². The molecule has 0 amide bonds.